The molecule has 0 saturated carbocycles. The summed E-state index contributed by atoms with van der Waals surface area (Å²) in [4.78, 5) is 11.9. The molecular weight excluding hydrogens is 362 g/mol. The second-order valence-corrected chi connectivity index (χ2v) is 5.86. The molecule has 22 heavy (non-hydrogen) atoms. The molecule has 0 spiro atoms. The molecule has 1 amide bonds. The van der Waals surface area contributed by atoms with Crippen molar-refractivity contribution in [2.24, 2.45) is 0 Å². The van der Waals surface area contributed by atoms with E-state index in [1.54, 1.807) is 12.1 Å². The van der Waals surface area contributed by atoms with Crippen LogP contribution in [0.1, 0.15) is 12.0 Å². The molecule has 1 aromatic carbocycles. The summed E-state index contributed by atoms with van der Waals surface area (Å²) in [7, 11) is 3.04. The van der Waals surface area contributed by atoms with Crippen molar-refractivity contribution in [3.05, 3.63) is 22.2 Å². The van der Waals surface area contributed by atoms with Crippen LogP contribution in [0.2, 0.25) is 0 Å². The average Bonchev–Trinajstić information content (AvgIpc) is 2.85. The molecule has 1 heterocycles. The van der Waals surface area contributed by atoms with Gasteiger partial charge in [0.15, 0.2) is 11.5 Å². The molecule has 1 aliphatic heterocycles. The molecule has 0 radical (unpaired) electrons. The second kappa shape index (κ2) is 6.78. The molecule has 1 fully saturated rings. The molecule has 0 aliphatic carbocycles. The lowest BCUT2D eigenvalue weighted by Gasteiger charge is -2.14. The largest absolute Gasteiger partial charge is 0.493 e. The average molecular weight is 379 g/mol. The van der Waals surface area contributed by atoms with Crippen molar-refractivity contribution in [2.75, 3.05) is 20.8 Å². The van der Waals surface area contributed by atoms with Crippen LogP contribution < -0.4 is 20.1 Å². The van der Waals surface area contributed by atoms with Crippen molar-refractivity contribution < 1.29 is 23.0 Å². The third kappa shape index (κ3) is 3.86. The predicted octanol–water partition coefficient (Wildman–Crippen LogP) is 2.08. The van der Waals surface area contributed by atoms with Gasteiger partial charge in [-0.15, -0.1) is 0 Å². The first-order valence-electron chi connectivity index (χ1n) is 6.65. The Balaban J connectivity index is 2.01. The molecule has 1 aliphatic rings. The van der Waals surface area contributed by atoms with E-state index in [1.165, 1.54) is 14.2 Å². The van der Waals surface area contributed by atoms with E-state index in [1.807, 2.05) is 0 Å². The monoisotopic (exact) mass is 378 g/mol. The Hall–Kier alpha value is -1.41. The minimum atomic E-state index is -2.83. The lowest BCUT2D eigenvalue weighted by molar-refractivity contribution is -0.123. The molecular formula is C14H17BrF2N2O3. The predicted molar refractivity (Wildman–Crippen MR) is 80.4 cm³/mol. The van der Waals surface area contributed by atoms with E-state index in [4.69, 9.17) is 9.47 Å². The van der Waals surface area contributed by atoms with Gasteiger partial charge >= 0.3 is 0 Å². The first-order chi connectivity index (χ1) is 10.4. The Morgan fingerprint density at radius 1 is 1.41 bits per heavy atom. The van der Waals surface area contributed by atoms with Crippen LogP contribution in [0.25, 0.3) is 0 Å². The summed E-state index contributed by atoms with van der Waals surface area (Å²) >= 11 is 3.38. The summed E-state index contributed by atoms with van der Waals surface area (Å²) < 4.78 is 37.3. The molecule has 1 unspecified atom stereocenters. The lowest BCUT2D eigenvalue weighted by atomic mass is 10.1. The number of rotatable bonds is 5. The van der Waals surface area contributed by atoms with Crippen LogP contribution in [0.15, 0.2) is 16.6 Å². The van der Waals surface area contributed by atoms with Crippen molar-refractivity contribution in [3.8, 4) is 11.5 Å². The highest BCUT2D eigenvalue weighted by molar-refractivity contribution is 9.10. The van der Waals surface area contributed by atoms with Crippen molar-refractivity contribution >= 4 is 21.8 Å². The molecule has 122 valence electrons. The zero-order valence-corrected chi connectivity index (χ0v) is 13.8. The molecule has 2 rings (SSSR count). The fraction of sp³-hybridized carbons (Fsp3) is 0.500. The van der Waals surface area contributed by atoms with Gasteiger partial charge in [-0.1, -0.05) is 15.9 Å². The van der Waals surface area contributed by atoms with Crippen LogP contribution >= 0.6 is 15.9 Å². The normalized spacial score (nSPS) is 19.8. The number of alkyl halides is 2. The van der Waals surface area contributed by atoms with Gasteiger partial charge in [-0.25, -0.2) is 8.78 Å². The minimum Gasteiger partial charge on any atom is -0.493 e. The van der Waals surface area contributed by atoms with Gasteiger partial charge in [0.1, 0.15) is 0 Å². The van der Waals surface area contributed by atoms with Gasteiger partial charge in [-0.05, 0) is 17.7 Å². The molecule has 8 heteroatoms. The van der Waals surface area contributed by atoms with Crippen LogP contribution in [-0.4, -0.2) is 38.6 Å². The number of carbonyl (C=O) groups is 1. The standard InChI is InChI=1S/C14H17BrF2N2O3/c1-21-11-3-8(9(15)4-12(11)22-2)6-18-13(20)10-5-14(16,17)7-19-10/h3-4,10,19H,5-7H2,1-2H3,(H,18,20). The topological polar surface area (TPSA) is 59.6 Å². The fourth-order valence-electron chi connectivity index (χ4n) is 2.24. The number of hydrogen-bond acceptors (Lipinski definition) is 4. The number of ether oxygens (including phenoxy) is 2. The van der Waals surface area contributed by atoms with Gasteiger partial charge in [0.2, 0.25) is 5.91 Å². The van der Waals surface area contributed by atoms with E-state index in [0.29, 0.717) is 11.5 Å². The fourth-order valence-corrected chi connectivity index (χ4v) is 2.70. The summed E-state index contributed by atoms with van der Waals surface area (Å²) in [5.41, 5.74) is 0.760. The highest BCUT2D eigenvalue weighted by Gasteiger charge is 2.42. The number of carbonyl (C=O) groups excluding carboxylic acids is 1. The summed E-state index contributed by atoms with van der Waals surface area (Å²) in [6, 6.07) is 2.58. The maximum atomic E-state index is 13.1. The molecule has 1 aromatic rings. The summed E-state index contributed by atoms with van der Waals surface area (Å²) in [6.07, 6.45) is -0.480. The highest BCUT2D eigenvalue weighted by atomic mass is 79.9. The van der Waals surface area contributed by atoms with Crippen LogP contribution in [0.5, 0.6) is 11.5 Å². The van der Waals surface area contributed by atoms with Crippen molar-refractivity contribution in [1.29, 1.82) is 0 Å². The van der Waals surface area contributed by atoms with Crippen molar-refractivity contribution in [2.45, 2.75) is 24.9 Å². The van der Waals surface area contributed by atoms with Gasteiger partial charge in [0, 0.05) is 17.4 Å². The minimum absolute atomic E-state index is 0.198. The van der Waals surface area contributed by atoms with E-state index >= 15 is 0 Å². The van der Waals surface area contributed by atoms with Gasteiger partial charge in [-0.3, -0.25) is 10.1 Å². The van der Waals surface area contributed by atoms with Crippen LogP contribution in [0.4, 0.5) is 8.78 Å². The third-order valence-electron chi connectivity index (χ3n) is 3.43. The summed E-state index contributed by atoms with van der Waals surface area (Å²) in [6.45, 7) is -0.269. The molecule has 5 nitrogen and oxygen atoms in total. The number of methoxy groups -OCH3 is 2. The van der Waals surface area contributed by atoms with Gasteiger partial charge in [0.05, 0.1) is 26.8 Å². The second-order valence-electron chi connectivity index (χ2n) is 5.01. The van der Waals surface area contributed by atoms with Crippen molar-refractivity contribution in [3.63, 3.8) is 0 Å². The Morgan fingerprint density at radius 3 is 2.59 bits per heavy atom. The number of benzene rings is 1. The zero-order valence-electron chi connectivity index (χ0n) is 12.2. The molecule has 0 aromatic heterocycles. The maximum absolute atomic E-state index is 13.1. The SMILES string of the molecule is COc1cc(Br)c(CNC(=O)C2CC(F)(F)CN2)cc1OC. The lowest BCUT2D eigenvalue weighted by Crippen LogP contribution is -2.40. The van der Waals surface area contributed by atoms with Crippen LogP contribution in [0, 0.1) is 0 Å². The highest BCUT2D eigenvalue weighted by Crippen LogP contribution is 2.33. The number of amides is 1. The van der Waals surface area contributed by atoms with Crippen molar-refractivity contribution in [1.82, 2.24) is 10.6 Å². The Bertz CT molecular complexity index is 569. The molecule has 1 atom stereocenters. The third-order valence-corrected chi connectivity index (χ3v) is 4.17. The molecule has 0 bridgehead atoms. The van der Waals surface area contributed by atoms with Crippen LogP contribution in [0.3, 0.4) is 0 Å². The Labute approximate surface area is 135 Å². The van der Waals surface area contributed by atoms with Crippen LogP contribution in [-0.2, 0) is 11.3 Å². The first-order valence-corrected chi connectivity index (χ1v) is 7.45. The first kappa shape index (κ1) is 17.0. The molecule has 2 N–H and O–H groups in total. The Morgan fingerprint density at radius 2 is 2.05 bits per heavy atom. The quantitative estimate of drug-likeness (QED) is 0.823. The van der Waals surface area contributed by atoms with E-state index < -0.39 is 30.8 Å². The molecule has 1 saturated heterocycles. The number of halogens is 3. The Kier molecular flexibility index (Phi) is 5.23. The van der Waals surface area contributed by atoms with E-state index in [9.17, 15) is 13.6 Å². The zero-order chi connectivity index (χ0) is 16.3. The van der Waals surface area contributed by atoms with Gasteiger partial charge < -0.3 is 14.8 Å². The van der Waals surface area contributed by atoms with E-state index in [2.05, 4.69) is 26.6 Å². The van der Waals surface area contributed by atoms with Gasteiger partial charge in [0.25, 0.3) is 5.92 Å². The number of hydrogen-bond donors (Lipinski definition) is 2. The van der Waals surface area contributed by atoms with E-state index in [0.717, 1.165) is 10.0 Å². The van der Waals surface area contributed by atoms with Gasteiger partial charge in [-0.2, -0.15) is 0 Å². The summed E-state index contributed by atoms with van der Waals surface area (Å²) in [5.74, 6) is -2.19. The van der Waals surface area contributed by atoms with E-state index in [-0.39, 0.29) is 6.54 Å². The number of nitrogens with one attached hydrogen (secondary N) is 2. The smallest absolute Gasteiger partial charge is 0.262 e. The maximum Gasteiger partial charge on any atom is 0.262 e. The summed E-state index contributed by atoms with van der Waals surface area (Å²) in [5, 5.41) is 5.17.